The van der Waals surface area contributed by atoms with Crippen molar-refractivity contribution in [3.63, 3.8) is 0 Å². The summed E-state index contributed by atoms with van der Waals surface area (Å²) < 4.78 is 5.21. The van der Waals surface area contributed by atoms with Gasteiger partial charge >= 0.3 is 5.97 Å². The molecule has 1 fully saturated rings. The predicted octanol–water partition coefficient (Wildman–Crippen LogP) is 1.05. The zero-order chi connectivity index (χ0) is 12.1. The molecule has 0 aliphatic carbocycles. The van der Waals surface area contributed by atoms with Gasteiger partial charge in [0.05, 0.1) is 38.1 Å². The van der Waals surface area contributed by atoms with Gasteiger partial charge in [0.1, 0.15) is 0 Å². The Labute approximate surface area is 99.3 Å². The summed E-state index contributed by atoms with van der Waals surface area (Å²) in [6.45, 7) is 3.00. The van der Waals surface area contributed by atoms with Crippen LogP contribution < -0.4 is 0 Å². The highest BCUT2D eigenvalue weighted by atomic mass is 16.5. The number of nitrogens with zero attached hydrogens (tertiary/aromatic N) is 2. The Morgan fingerprint density at radius 3 is 2.53 bits per heavy atom. The van der Waals surface area contributed by atoms with Gasteiger partial charge in [0.15, 0.2) is 0 Å². The monoisotopic (exact) mass is 234 g/mol. The standard InChI is InChI=1S/C12H14N2O3/c15-12(16)11-3-1-10(2-4-11)9-13-14-5-7-17-8-6-14/h1-4,9H,5-8H2,(H,15,16). The minimum absolute atomic E-state index is 0.286. The average Bonchev–Trinajstić information content (AvgIpc) is 2.38. The quantitative estimate of drug-likeness (QED) is 0.794. The van der Waals surface area contributed by atoms with E-state index in [-0.39, 0.29) is 5.56 Å². The molecule has 1 aromatic rings. The summed E-state index contributed by atoms with van der Waals surface area (Å²) in [5.74, 6) is -0.915. The van der Waals surface area contributed by atoms with Gasteiger partial charge in [-0.05, 0) is 17.7 Å². The van der Waals surface area contributed by atoms with E-state index in [9.17, 15) is 4.79 Å². The van der Waals surface area contributed by atoms with E-state index in [2.05, 4.69) is 5.10 Å². The van der Waals surface area contributed by atoms with Gasteiger partial charge in [-0.2, -0.15) is 5.10 Å². The summed E-state index contributed by atoms with van der Waals surface area (Å²) in [4.78, 5) is 10.7. The lowest BCUT2D eigenvalue weighted by Gasteiger charge is -2.23. The van der Waals surface area contributed by atoms with Crippen molar-refractivity contribution in [3.8, 4) is 0 Å². The van der Waals surface area contributed by atoms with Gasteiger partial charge in [0, 0.05) is 0 Å². The fourth-order valence-electron chi connectivity index (χ4n) is 1.53. The van der Waals surface area contributed by atoms with Crippen LogP contribution in [0.25, 0.3) is 0 Å². The van der Waals surface area contributed by atoms with Crippen LogP contribution in [0.4, 0.5) is 0 Å². The maximum Gasteiger partial charge on any atom is 0.335 e. The van der Waals surface area contributed by atoms with E-state index in [0.29, 0.717) is 13.2 Å². The molecule has 0 atom stereocenters. The molecule has 0 unspecified atom stereocenters. The number of aromatic carboxylic acids is 1. The maximum atomic E-state index is 10.7. The first-order valence-corrected chi connectivity index (χ1v) is 5.46. The van der Waals surface area contributed by atoms with E-state index in [1.165, 1.54) is 0 Å². The summed E-state index contributed by atoms with van der Waals surface area (Å²) in [5.41, 5.74) is 1.18. The molecule has 1 aromatic carbocycles. The Bertz CT molecular complexity index is 408. The van der Waals surface area contributed by atoms with Crippen LogP contribution in [0.1, 0.15) is 15.9 Å². The normalized spacial score (nSPS) is 16.4. The molecule has 1 saturated heterocycles. The molecule has 2 rings (SSSR count). The van der Waals surface area contributed by atoms with Crippen molar-refractivity contribution in [2.24, 2.45) is 5.10 Å². The van der Waals surface area contributed by atoms with E-state index in [0.717, 1.165) is 18.7 Å². The van der Waals surface area contributed by atoms with E-state index in [1.54, 1.807) is 30.5 Å². The Morgan fingerprint density at radius 1 is 1.29 bits per heavy atom. The van der Waals surface area contributed by atoms with Gasteiger partial charge in [-0.1, -0.05) is 12.1 Å². The zero-order valence-electron chi connectivity index (χ0n) is 9.37. The topological polar surface area (TPSA) is 62.1 Å². The zero-order valence-corrected chi connectivity index (χ0v) is 9.37. The largest absolute Gasteiger partial charge is 0.478 e. The van der Waals surface area contributed by atoms with Crippen LogP contribution in [-0.4, -0.2) is 48.6 Å². The number of hydrogen-bond acceptors (Lipinski definition) is 4. The summed E-state index contributed by atoms with van der Waals surface area (Å²) in [5, 5.41) is 15.0. The van der Waals surface area contributed by atoms with Crippen molar-refractivity contribution in [1.29, 1.82) is 0 Å². The lowest BCUT2D eigenvalue weighted by Crippen LogP contribution is -2.32. The Kier molecular flexibility index (Phi) is 3.72. The molecule has 5 nitrogen and oxygen atoms in total. The van der Waals surface area contributed by atoms with Gasteiger partial charge in [-0.3, -0.25) is 5.01 Å². The number of hydrazone groups is 1. The molecule has 1 N–H and O–H groups in total. The first-order chi connectivity index (χ1) is 8.25. The number of morpholine rings is 1. The molecular weight excluding hydrogens is 220 g/mol. The van der Waals surface area contributed by atoms with Crippen molar-refractivity contribution in [2.75, 3.05) is 26.3 Å². The van der Waals surface area contributed by atoms with Crippen LogP contribution >= 0.6 is 0 Å². The molecule has 1 aliphatic heterocycles. The van der Waals surface area contributed by atoms with Crippen LogP contribution in [0.3, 0.4) is 0 Å². The van der Waals surface area contributed by atoms with Crippen LogP contribution in [-0.2, 0) is 4.74 Å². The van der Waals surface area contributed by atoms with Crippen molar-refractivity contribution < 1.29 is 14.6 Å². The minimum atomic E-state index is -0.915. The van der Waals surface area contributed by atoms with Crippen LogP contribution in [0, 0.1) is 0 Å². The van der Waals surface area contributed by atoms with E-state index in [4.69, 9.17) is 9.84 Å². The van der Waals surface area contributed by atoms with Gasteiger partial charge < -0.3 is 9.84 Å². The fraction of sp³-hybridized carbons (Fsp3) is 0.333. The molecular formula is C12H14N2O3. The molecule has 0 radical (unpaired) electrons. The second-order valence-corrected chi connectivity index (χ2v) is 3.74. The smallest absolute Gasteiger partial charge is 0.335 e. The van der Waals surface area contributed by atoms with Crippen LogP contribution in [0.15, 0.2) is 29.4 Å². The first-order valence-electron chi connectivity index (χ1n) is 5.46. The Balaban J connectivity index is 1.98. The highest BCUT2D eigenvalue weighted by Crippen LogP contribution is 2.03. The molecule has 17 heavy (non-hydrogen) atoms. The number of hydrogen-bond donors (Lipinski definition) is 1. The lowest BCUT2D eigenvalue weighted by atomic mass is 10.1. The van der Waals surface area contributed by atoms with Crippen molar-refractivity contribution in [3.05, 3.63) is 35.4 Å². The van der Waals surface area contributed by atoms with Crippen molar-refractivity contribution in [1.82, 2.24) is 5.01 Å². The second-order valence-electron chi connectivity index (χ2n) is 3.74. The number of carboxylic acid groups (broad SMARTS) is 1. The Morgan fingerprint density at radius 2 is 1.94 bits per heavy atom. The third-order valence-electron chi connectivity index (χ3n) is 2.52. The molecule has 5 heteroatoms. The van der Waals surface area contributed by atoms with Crippen LogP contribution in [0.5, 0.6) is 0 Å². The fourth-order valence-corrected chi connectivity index (χ4v) is 1.53. The molecule has 90 valence electrons. The highest BCUT2D eigenvalue weighted by Gasteiger charge is 2.06. The second kappa shape index (κ2) is 5.45. The molecule has 1 aliphatic rings. The van der Waals surface area contributed by atoms with E-state index >= 15 is 0 Å². The van der Waals surface area contributed by atoms with Crippen molar-refractivity contribution in [2.45, 2.75) is 0 Å². The summed E-state index contributed by atoms with van der Waals surface area (Å²) >= 11 is 0. The Hall–Kier alpha value is -1.88. The summed E-state index contributed by atoms with van der Waals surface area (Å²) in [6, 6.07) is 6.63. The van der Waals surface area contributed by atoms with Crippen LogP contribution in [0.2, 0.25) is 0 Å². The average molecular weight is 234 g/mol. The van der Waals surface area contributed by atoms with E-state index < -0.39 is 5.97 Å². The maximum absolute atomic E-state index is 10.7. The first kappa shape index (κ1) is 11.6. The summed E-state index contributed by atoms with van der Waals surface area (Å²) in [6.07, 6.45) is 1.73. The number of carbonyl (C=O) groups is 1. The van der Waals surface area contributed by atoms with Gasteiger partial charge in [0.25, 0.3) is 0 Å². The van der Waals surface area contributed by atoms with Gasteiger partial charge in [-0.15, -0.1) is 0 Å². The number of rotatable bonds is 3. The molecule has 0 aromatic heterocycles. The van der Waals surface area contributed by atoms with Gasteiger partial charge in [0.2, 0.25) is 0 Å². The minimum Gasteiger partial charge on any atom is -0.478 e. The third-order valence-corrected chi connectivity index (χ3v) is 2.52. The molecule has 0 bridgehead atoms. The number of ether oxygens (including phenoxy) is 1. The third kappa shape index (κ3) is 3.29. The predicted molar refractivity (Wildman–Crippen MR) is 63.4 cm³/mol. The molecule has 0 saturated carbocycles. The molecule has 1 heterocycles. The molecule has 0 spiro atoms. The SMILES string of the molecule is O=C(O)c1ccc(C=NN2CCOCC2)cc1. The number of benzene rings is 1. The highest BCUT2D eigenvalue weighted by molar-refractivity contribution is 5.89. The molecule has 0 amide bonds. The van der Waals surface area contributed by atoms with Gasteiger partial charge in [-0.25, -0.2) is 4.79 Å². The van der Waals surface area contributed by atoms with E-state index in [1.807, 2.05) is 5.01 Å². The number of carboxylic acids is 1. The lowest BCUT2D eigenvalue weighted by molar-refractivity contribution is 0.0397. The van der Waals surface area contributed by atoms with Crippen molar-refractivity contribution >= 4 is 12.2 Å². The summed E-state index contributed by atoms with van der Waals surface area (Å²) in [7, 11) is 0.